The maximum atomic E-state index is 6.10. The second kappa shape index (κ2) is 5.54. The van der Waals surface area contributed by atoms with Crippen LogP contribution in [0.1, 0.15) is 34.6 Å². The molecule has 4 nitrogen and oxygen atoms in total. The van der Waals surface area contributed by atoms with Gasteiger partial charge in [0.15, 0.2) is 0 Å². The van der Waals surface area contributed by atoms with Crippen molar-refractivity contribution in [1.29, 1.82) is 0 Å². The van der Waals surface area contributed by atoms with Gasteiger partial charge < -0.3 is 10.1 Å². The SMILES string of the molecule is CC(C)Oc1cncc(NC(C)(C)C(C)Cl)n1. The highest BCUT2D eigenvalue weighted by Gasteiger charge is 2.24. The molecule has 0 aliphatic carbocycles. The van der Waals surface area contributed by atoms with E-state index in [1.165, 1.54) is 0 Å². The molecule has 1 unspecified atom stereocenters. The predicted octanol–water partition coefficient (Wildman–Crippen LogP) is 3.08. The van der Waals surface area contributed by atoms with E-state index in [2.05, 4.69) is 15.3 Å². The average molecular weight is 258 g/mol. The third-order valence-corrected chi connectivity index (χ3v) is 2.96. The number of hydrogen-bond acceptors (Lipinski definition) is 4. The number of halogens is 1. The zero-order chi connectivity index (χ0) is 13.1. The number of anilines is 1. The maximum absolute atomic E-state index is 6.10. The molecule has 1 rings (SSSR count). The van der Waals surface area contributed by atoms with Crippen LogP contribution in [0.2, 0.25) is 0 Å². The van der Waals surface area contributed by atoms with Crippen LogP contribution in [0.15, 0.2) is 12.4 Å². The Morgan fingerprint density at radius 1 is 1.29 bits per heavy atom. The number of alkyl halides is 1. The Bertz CT molecular complexity index is 367. The summed E-state index contributed by atoms with van der Waals surface area (Å²) >= 11 is 6.10. The lowest BCUT2D eigenvalue weighted by Crippen LogP contribution is -2.39. The number of hydrogen-bond donors (Lipinski definition) is 1. The van der Waals surface area contributed by atoms with Crippen molar-refractivity contribution < 1.29 is 4.74 Å². The van der Waals surface area contributed by atoms with Crippen molar-refractivity contribution in [3.8, 4) is 5.88 Å². The third kappa shape index (κ3) is 4.38. The molecule has 0 spiro atoms. The molecule has 1 atom stereocenters. The van der Waals surface area contributed by atoms with Crippen molar-refractivity contribution in [2.45, 2.75) is 51.6 Å². The van der Waals surface area contributed by atoms with E-state index in [1.54, 1.807) is 12.4 Å². The van der Waals surface area contributed by atoms with Crippen molar-refractivity contribution in [1.82, 2.24) is 9.97 Å². The van der Waals surface area contributed by atoms with Crippen LogP contribution in [0, 0.1) is 0 Å². The van der Waals surface area contributed by atoms with Crippen molar-refractivity contribution in [3.63, 3.8) is 0 Å². The molecule has 0 aliphatic rings. The standard InChI is InChI=1S/C12H20ClN3O/c1-8(2)17-11-7-14-6-10(15-11)16-12(4,5)9(3)13/h6-9H,1-5H3,(H,15,16). The van der Waals surface area contributed by atoms with Crippen LogP contribution in [-0.2, 0) is 0 Å². The molecule has 0 bridgehead atoms. The van der Waals surface area contributed by atoms with Crippen molar-refractivity contribution in [2.75, 3.05) is 5.32 Å². The van der Waals surface area contributed by atoms with E-state index in [1.807, 2.05) is 34.6 Å². The number of nitrogens with one attached hydrogen (secondary N) is 1. The van der Waals surface area contributed by atoms with Gasteiger partial charge >= 0.3 is 0 Å². The molecule has 1 aromatic rings. The van der Waals surface area contributed by atoms with Crippen LogP contribution < -0.4 is 10.1 Å². The molecule has 0 fully saturated rings. The Morgan fingerprint density at radius 3 is 2.47 bits per heavy atom. The van der Waals surface area contributed by atoms with E-state index in [0.29, 0.717) is 11.7 Å². The van der Waals surface area contributed by atoms with Gasteiger partial charge in [0, 0.05) is 5.54 Å². The lowest BCUT2D eigenvalue weighted by atomic mass is 10.0. The van der Waals surface area contributed by atoms with Gasteiger partial charge in [-0.1, -0.05) is 0 Å². The molecule has 1 heterocycles. The van der Waals surface area contributed by atoms with E-state index in [9.17, 15) is 0 Å². The van der Waals surface area contributed by atoms with Gasteiger partial charge in [0.2, 0.25) is 5.88 Å². The summed E-state index contributed by atoms with van der Waals surface area (Å²) in [6, 6.07) is 0. The lowest BCUT2D eigenvalue weighted by Gasteiger charge is -2.29. The first-order valence-corrected chi connectivity index (χ1v) is 6.16. The molecule has 0 radical (unpaired) electrons. The van der Waals surface area contributed by atoms with E-state index < -0.39 is 0 Å². The molecule has 1 N–H and O–H groups in total. The Kier molecular flexibility index (Phi) is 4.57. The summed E-state index contributed by atoms with van der Waals surface area (Å²) in [6.07, 6.45) is 3.34. The van der Waals surface area contributed by atoms with Crippen LogP contribution in [0.4, 0.5) is 5.82 Å². The van der Waals surface area contributed by atoms with Crippen molar-refractivity contribution in [3.05, 3.63) is 12.4 Å². The lowest BCUT2D eigenvalue weighted by molar-refractivity contribution is 0.232. The third-order valence-electron chi connectivity index (χ3n) is 2.41. The quantitative estimate of drug-likeness (QED) is 0.824. The zero-order valence-corrected chi connectivity index (χ0v) is 11.7. The summed E-state index contributed by atoms with van der Waals surface area (Å²) in [5.41, 5.74) is -0.257. The van der Waals surface area contributed by atoms with Crippen LogP contribution >= 0.6 is 11.6 Å². The van der Waals surface area contributed by atoms with E-state index >= 15 is 0 Å². The molecule has 1 aromatic heterocycles. The molecule has 0 saturated heterocycles. The minimum absolute atomic E-state index is 0.0287. The number of ether oxygens (including phenoxy) is 1. The van der Waals surface area contributed by atoms with Crippen molar-refractivity contribution >= 4 is 17.4 Å². The van der Waals surface area contributed by atoms with Crippen LogP contribution in [0.25, 0.3) is 0 Å². The molecule has 0 amide bonds. The monoisotopic (exact) mass is 257 g/mol. The summed E-state index contributed by atoms with van der Waals surface area (Å²) in [4.78, 5) is 8.41. The number of aromatic nitrogens is 2. The van der Waals surface area contributed by atoms with Crippen LogP contribution in [-0.4, -0.2) is 27.0 Å². The normalized spacial score (nSPS) is 13.6. The van der Waals surface area contributed by atoms with Gasteiger partial charge in [-0.05, 0) is 34.6 Å². The molecule has 0 aromatic carbocycles. The summed E-state index contributed by atoms with van der Waals surface area (Å²) < 4.78 is 5.48. The first kappa shape index (κ1) is 14.0. The van der Waals surface area contributed by atoms with Crippen LogP contribution in [0.5, 0.6) is 5.88 Å². The summed E-state index contributed by atoms with van der Waals surface area (Å²) in [5, 5.41) is 3.22. The largest absolute Gasteiger partial charge is 0.474 e. The summed E-state index contributed by atoms with van der Waals surface area (Å²) in [6.45, 7) is 9.88. The highest BCUT2D eigenvalue weighted by molar-refractivity contribution is 6.21. The van der Waals surface area contributed by atoms with Gasteiger partial charge in [-0.15, -0.1) is 11.6 Å². The van der Waals surface area contributed by atoms with Crippen molar-refractivity contribution in [2.24, 2.45) is 0 Å². The van der Waals surface area contributed by atoms with Gasteiger partial charge in [0.25, 0.3) is 0 Å². The Labute approximate surface area is 108 Å². The second-order valence-corrected chi connectivity index (χ2v) is 5.53. The highest BCUT2D eigenvalue weighted by Crippen LogP contribution is 2.21. The molecule has 96 valence electrons. The first-order chi connectivity index (χ1) is 7.81. The fourth-order valence-corrected chi connectivity index (χ4v) is 1.19. The fraction of sp³-hybridized carbons (Fsp3) is 0.667. The van der Waals surface area contributed by atoms with E-state index in [0.717, 1.165) is 0 Å². The molecular formula is C12H20ClN3O. The molecule has 17 heavy (non-hydrogen) atoms. The average Bonchev–Trinajstić information content (AvgIpc) is 2.15. The first-order valence-electron chi connectivity index (χ1n) is 5.72. The number of rotatable bonds is 5. The zero-order valence-electron chi connectivity index (χ0n) is 11.0. The molecular weight excluding hydrogens is 238 g/mol. The molecule has 0 aliphatic heterocycles. The van der Waals surface area contributed by atoms with E-state index in [-0.39, 0.29) is 17.0 Å². The van der Waals surface area contributed by atoms with Crippen LogP contribution in [0.3, 0.4) is 0 Å². The van der Waals surface area contributed by atoms with Gasteiger partial charge in [-0.25, -0.2) is 0 Å². The summed E-state index contributed by atoms with van der Waals surface area (Å²) in [5.74, 6) is 1.18. The smallest absolute Gasteiger partial charge is 0.234 e. The minimum Gasteiger partial charge on any atom is -0.474 e. The Balaban J connectivity index is 2.78. The van der Waals surface area contributed by atoms with Gasteiger partial charge in [0.1, 0.15) is 5.82 Å². The summed E-state index contributed by atoms with van der Waals surface area (Å²) in [7, 11) is 0. The van der Waals surface area contributed by atoms with E-state index in [4.69, 9.17) is 16.3 Å². The van der Waals surface area contributed by atoms with Gasteiger partial charge in [-0.2, -0.15) is 4.98 Å². The van der Waals surface area contributed by atoms with Gasteiger partial charge in [0.05, 0.1) is 23.9 Å². The van der Waals surface area contributed by atoms with Gasteiger partial charge in [-0.3, -0.25) is 4.98 Å². The topological polar surface area (TPSA) is 47.0 Å². The second-order valence-electron chi connectivity index (χ2n) is 4.87. The maximum Gasteiger partial charge on any atom is 0.234 e. The predicted molar refractivity (Wildman–Crippen MR) is 70.8 cm³/mol. The fourth-order valence-electron chi connectivity index (χ4n) is 1.14. The number of nitrogens with zero attached hydrogens (tertiary/aromatic N) is 2. The molecule has 5 heteroatoms. The Hall–Kier alpha value is -1.03. The minimum atomic E-state index is -0.257. The highest BCUT2D eigenvalue weighted by atomic mass is 35.5. The Morgan fingerprint density at radius 2 is 1.94 bits per heavy atom. The molecule has 0 saturated carbocycles.